The highest BCUT2D eigenvalue weighted by atomic mass is 28.4. The monoisotopic (exact) mass is 697 g/mol. The minimum absolute atomic E-state index is 0.0174. The first-order chi connectivity index (χ1) is 23.1. The van der Waals surface area contributed by atoms with E-state index in [1.165, 1.54) is 0 Å². The van der Waals surface area contributed by atoms with Gasteiger partial charge in [-0.2, -0.15) is 5.26 Å². The number of aryl methyl sites for hydroxylation is 1. The van der Waals surface area contributed by atoms with Crippen LogP contribution in [0.2, 0.25) is 18.1 Å². The van der Waals surface area contributed by atoms with Crippen LogP contribution in [0, 0.1) is 18.3 Å². The summed E-state index contributed by atoms with van der Waals surface area (Å²) in [6.45, 7) is 15.4. The van der Waals surface area contributed by atoms with Crippen molar-refractivity contribution >= 4 is 14.1 Å². The van der Waals surface area contributed by atoms with E-state index in [2.05, 4.69) is 55.8 Å². The Hall–Kier alpha value is -2.96. The van der Waals surface area contributed by atoms with Crippen LogP contribution in [0.3, 0.4) is 0 Å². The van der Waals surface area contributed by atoms with Crippen LogP contribution < -0.4 is 9.47 Å². The van der Waals surface area contributed by atoms with Gasteiger partial charge < -0.3 is 38.0 Å². The number of methoxy groups -OCH3 is 2. The zero-order valence-corrected chi connectivity index (χ0v) is 31.5. The Morgan fingerprint density at radius 3 is 2.49 bits per heavy atom. The first-order valence-electron chi connectivity index (χ1n) is 17.0. The summed E-state index contributed by atoms with van der Waals surface area (Å²) in [7, 11) is 2.93. The topological polar surface area (TPSA) is 132 Å². The molecule has 0 saturated carbocycles. The molecule has 1 N–H and O–H groups in total. The van der Waals surface area contributed by atoms with Gasteiger partial charge in [-0.25, -0.2) is 0 Å². The minimum atomic E-state index is -2.33. The van der Waals surface area contributed by atoms with Gasteiger partial charge in [-0.1, -0.05) is 26.8 Å². The molecule has 6 rings (SSSR count). The van der Waals surface area contributed by atoms with Crippen LogP contribution in [-0.2, 0) is 34.6 Å². The summed E-state index contributed by atoms with van der Waals surface area (Å²) in [6.07, 6.45) is 0.624. The third-order valence-corrected chi connectivity index (χ3v) is 16.2. The fraction of sp³-hybridized carbons (Fsp3) is 0.667. The van der Waals surface area contributed by atoms with Crippen LogP contribution in [-0.4, -0.2) is 113 Å². The number of aliphatic hydroxyl groups is 1. The second-order valence-electron chi connectivity index (χ2n) is 15.3. The number of benzene rings is 1. The van der Waals surface area contributed by atoms with E-state index in [0.717, 1.165) is 16.7 Å². The highest BCUT2D eigenvalue weighted by molar-refractivity contribution is 6.74. The lowest BCUT2D eigenvalue weighted by Crippen LogP contribution is -2.74. The number of nitriles is 1. The number of piperidine rings is 1. The number of fused-ring (bicyclic) bond motifs is 8. The molecule has 1 aromatic carbocycles. The summed E-state index contributed by atoms with van der Waals surface area (Å²) >= 11 is 0. The van der Waals surface area contributed by atoms with Crippen LogP contribution in [0.1, 0.15) is 56.8 Å². The van der Waals surface area contributed by atoms with Gasteiger partial charge in [0.1, 0.15) is 6.04 Å². The van der Waals surface area contributed by atoms with E-state index in [4.69, 9.17) is 32.8 Å². The van der Waals surface area contributed by atoms with Gasteiger partial charge in [0.15, 0.2) is 49.5 Å². The molecule has 1 aromatic rings. The molecule has 12 nitrogen and oxygen atoms in total. The molecule has 0 spiro atoms. The summed E-state index contributed by atoms with van der Waals surface area (Å²) in [5.74, 6) is 1.49. The Morgan fingerprint density at radius 1 is 1.12 bits per heavy atom. The Bertz CT molecular complexity index is 1610. The van der Waals surface area contributed by atoms with Crippen molar-refractivity contribution in [1.82, 2.24) is 9.80 Å². The average molecular weight is 698 g/mol. The van der Waals surface area contributed by atoms with E-state index >= 15 is 0 Å². The maximum absolute atomic E-state index is 14.3. The quantitative estimate of drug-likeness (QED) is 0.214. The van der Waals surface area contributed by atoms with Gasteiger partial charge in [0.25, 0.3) is 0 Å². The standard InChI is InChI=1S/C36H51N3O9Si/c1-20-13-22-14-23-25(16-37)39-24(29(38(23)6)27(22)32(30(20)43-8)45-18-44-12-11-42-7)15-36(41)28(26(39)17-48-49(9,10)35(3,4)5)33-31(46-19-47-33)21(2)34(36)40/h13,23-26,29,41H,11-12,14-15,17-19H2,1-10H3/t23-,24?,25-,26-,29+,36?/m0/s1. The van der Waals surface area contributed by atoms with E-state index in [1.54, 1.807) is 21.1 Å². The van der Waals surface area contributed by atoms with Crippen molar-refractivity contribution in [3.8, 4) is 17.6 Å². The summed E-state index contributed by atoms with van der Waals surface area (Å²) in [5, 5.41) is 23.6. The number of ether oxygens (including phenoxy) is 6. The predicted molar refractivity (Wildman–Crippen MR) is 182 cm³/mol. The Balaban J connectivity index is 1.54. The van der Waals surface area contributed by atoms with Crippen molar-refractivity contribution in [2.75, 3.05) is 54.7 Å². The number of hydrogen-bond donors (Lipinski definition) is 1. The molecule has 13 heteroatoms. The fourth-order valence-corrected chi connectivity index (χ4v) is 9.23. The number of nitrogens with zero attached hydrogens (tertiary/aromatic N) is 3. The van der Waals surface area contributed by atoms with Crippen LogP contribution >= 0.6 is 0 Å². The zero-order chi connectivity index (χ0) is 35.6. The van der Waals surface area contributed by atoms with Crippen molar-refractivity contribution in [3.63, 3.8) is 0 Å². The first kappa shape index (κ1) is 35.8. The van der Waals surface area contributed by atoms with Gasteiger partial charge >= 0.3 is 0 Å². The number of carbonyl (C=O) groups is 1. The number of rotatable bonds is 10. The molecule has 0 radical (unpaired) electrons. The molecule has 0 aromatic heterocycles. The van der Waals surface area contributed by atoms with Gasteiger partial charge in [-0.05, 0) is 56.6 Å². The average Bonchev–Trinajstić information content (AvgIpc) is 3.52. The van der Waals surface area contributed by atoms with Crippen molar-refractivity contribution in [3.05, 3.63) is 45.4 Å². The van der Waals surface area contributed by atoms with Crippen LogP contribution in [0.5, 0.6) is 11.5 Å². The number of likely N-dealkylation sites (N-methyl/N-ethyl adjacent to an activating group) is 1. The van der Waals surface area contributed by atoms with Gasteiger partial charge in [0.05, 0.1) is 45.1 Å². The molecule has 5 aliphatic rings. The van der Waals surface area contributed by atoms with Gasteiger partial charge in [-0.3, -0.25) is 14.6 Å². The highest BCUT2D eigenvalue weighted by Crippen LogP contribution is 2.57. The first-order valence-corrected chi connectivity index (χ1v) is 19.9. The van der Waals surface area contributed by atoms with E-state index < -0.39 is 37.8 Å². The van der Waals surface area contributed by atoms with Gasteiger partial charge in [-0.15, -0.1) is 0 Å². The second-order valence-corrected chi connectivity index (χ2v) is 20.2. The van der Waals surface area contributed by atoms with Crippen LogP contribution in [0.15, 0.2) is 28.7 Å². The van der Waals surface area contributed by atoms with Crippen LogP contribution in [0.25, 0.3) is 0 Å². The Morgan fingerprint density at radius 2 is 1.84 bits per heavy atom. The van der Waals surface area contributed by atoms with E-state index in [9.17, 15) is 15.2 Å². The third kappa shape index (κ3) is 5.60. The molecule has 3 saturated heterocycles. The third-order valence-electron chi connectivity index (χ3n) is 11.7. The lowest BCUT2D eigenvalue weighted by atomic mass is 9.65. The molecule has 4 heterocycles. The molecule has 2 unspecified atom stereocenters. The smallest absolute Gasteiger partial charge is 0.231 e. The largest absolute Gasteiger partial charge is 0.493 e. The predicted octanol–water partition coefficient (Wildman–Crippen LogP) is 4.12. The van der Waals surface area contributed by atoms with E-state index in [1.807, 2.05) is 14.0 Å². The minimum Gasteiger partial charge on any atom is -0.493 e. The summed E-state index contributed by atoms with van der Waals surface area (Å²) < 4.78 is 42.0. The molecule has 3 fully saturated rings. The number of hydrogen-bond acceptors (Lipinski definition) is 12. The summed E-state index contributed by atoms with van der Waals surface area (Å²) in [6, 6.07) is 2.49. The van der Waals surface area contributed by atoms with Crippen molar-refractivity contribution < 1.29 is 42.7 Å². The highest BCUT2D eigenvalue weighted by Gasteiger charge is 2.64. The van der Waals surface area contributed by atoms with Crippen LogP contribution in [0.4, 0.5) is 0 Å². The molecule has 2 bridgehead atoms. The SMILES string of the molecule is COCCOCOc1c(OC)c(C)cc2c1[C@H]1C3CC4(O)C(=O)C(C)=C5OCOC5=C4[C@H](CO[Si](C)(C)C(C)(C)C)N3[C@@H](C#N)[C@H](C2)N1C. The lowest BCUT2D eigenvalue weighted by molar-refractivity contribution is -0.150. The molecule has 6 atom stereocenters. The maximum Gasteiger partial charge on any atom is 0.231 e. The summed E-state index contributed by atoms with van der Waals surface area (Å²) in [5.41, 5.74) is 1.72. The second kappa shape index (κ2) is 13.0. The summed E-state index contributed by atoms with van der Waals surface area (Å²) in [4.78, 5) is 18.7. The molecule has 0 amide bonds. The normalized spacial score (nSPS) is 29.8. The Kier molecular flexibility index (Phi) is 9.49. The number of Topliss-reactive ketones (excluding diaryl/α,β-unsaturated/α-hetero) is 1. The Labute approximate surface area is 290 Å². The van der Waals surface area contributed by atoms with Crippen molar-refractivity contribution in [1.29, 1.82) is 5.26 Å². The molecule has 1 aliphatic carbocycles. The molecule has 4 aliphatic heterocycles. The molecule has 49 heavy (non-hydrogen) atoms. The van der Waals surface area contributed by atoms with Gasteiger partial charge in [0.2, 0.25) is 6.79 Å². The number of piperazine rings is 1. The molecular formula is C36H51N3O9Si. The lowest BCUT2D eigenvalue weighted by Gasteiger charge is -2.62. The van der Waals surface area contributed by atoms with Gasteiger partial charge in [0, 0.05) is 42.3 Å². The number of ketones is 1. The van der Waals surface area contributed by atoms with Crippen molar-refractivity contribution in [2.24, 2.45) is 0 Å². The number of carbonyl (C=O) groups excluding carboxylic acids is 1. The molecule has 268 valence electrons. The maximum atomic E-state index is 14.3. The van der Waals surface area contributed by atoms with E-state index in [-0.39, 0.29) is 43.7 Å². The molecular weight excluding hydrogens is 646 g/mol. The zero-order valence-electron chi connectivity index (χ0n) is 30.5. The van der Waals surface area contributed by atoms with E-state index in [0.29, 0.717) is 53.8 Å². The van der Waals surface area contributed by atoms with Crippen molar-refractivity contribution in [2.45, 2.75) is 101 Å². The fourth-order valence-electron chi connectivity index (χ4n) is 8.22.